The molecule has 2 heterocycles. The Morgan fingerprint density at radius 3 is 1.87 bits per heavy atom. The fourth-order valence-electron chi connectivity index (χ4n) is 5.20. The van der Waals surface area contributed by atoms with Crippen molar-refractivity contribution in [1.82, 2.24) is 15.7 Å². The number of H-pyrrole nitrogens is 1. The number of rotatable bonds is 27. The van der Waals surface area contributed by atoms with Crippen LogP contribution in [-0.2, 0) is 27.2 Å². The van der Waals surface area contributed by atoms with Crippen LogP contribution >= 0.6 is 15.4 Å². The molecule has 0 amide bonds. The highest BCUT2D eigenvalue weighted by molar-refractivity contribution is 7.64. The van der Waals surface area contributed by atoms with Crippen molar-refractivity contribution in [2.24, 2.45) is 0 Å². The summed E-state index contributed by atoms with van der Waals surface area (Å²) < 4.78 is 48.9. The number of phosphoric acid groups is 1. The summed E-state index contributed by atoms with van der Waals surface area (Å²) in [6.45, 7) is 5.58. The normalized spacial score (nSPS) is 18.7. The van der Waals surface area contributed by atoms with Crippen LogP contribution in [0.2, 0.25) is 0 Å². The van der Waals surface area contributed by atoms with Crippen LogP contribution in [0.25, 0.3) is 0 Å². The van der Waals surface area contributed by atoms with Crippen molar-refractivity contribution < 1.29 is 32.1 Å². The first-order valence-corrected chi connectivity index (χ1v) is 20.4. The van der Waals surface area contributed by atoms with Gasteiger partial charge < -0.3 is 20.3 Å². The van der Waals surface area contributed by atoms with Crippen molar-refractivity contribution >= 4 is 15.4 Å². The van der Waals surface area contributed by atoms with Crippen molar-refractivity contribution in [2.45, 2.75) is 149 Å². The van der Waals surface area contributed by atoms with Gasteiger partial charge in [-0.3, -0.25) is 23.4 Å². The number of unbranched alkanes of at least 4 members (excludes halogenated alkanes) is 16. The topological polar surface area (TPSA) is 181 Å². The number of nitrogens with one attached hydrogen (secondary N) is 1. The van der Waals surface area contributed by atoms with Crippen LogP contribution in [0.15, 0.2) is 27.9 Å². The molecule has 5 N–H and O–H groups in total. The van der Waals surface area contributed by atoms with Gasteiger partial charge in [-0.25, -0.2) is 13.7 Å². The Bertz CT molecular complexity index is 1200. The van der Waals surface area contributed by atoms with E-state index in [0.29, 0.717) is 18.4 Å². The van der Waals surface area contributed by atoms with Gasteiger partial charge in [-0.1, -0.05) is 123 Å². The quantitative estimate of drug-likeness (QED) is 0.0457. The van der Waals surface area contributed by atoms with Crippen LogP contribution in [0.5, 0.6) is 0 Å². The van der Waals surface area contributed by atoms with E-state index in [0.717, 1.165) is 25.7 Å². The van der Waals surface area contributed by atoms with E-state index in [9.17, 15) is 23.6 Å². The SMILES string of the molecule is CCCCCCCCCCCCCCCCCCP(=O)(OCCCC)OP(=O)(O)OC[C@@H]1C=C[C@H](n2cc(C)c(=O)[nH]c2=O)O1.N. The lowest BCUT2D eigenvalue weighted by molar-refractivity contribution is -0.0103. The summed E-state index contributed by atoms with van der Waals surface area (Å²) in [6.07, 6.45) is 23.9. The molecule has 0 saturated heterocycles. The molecule has 46 heavy (non-hydrogen) atoms. The third-order valence-electron chi connectivity index (χ3n) is 7.93. The number of ether oxygens (including phenoxy) is 1. The minimum absolute atomic E-state index is 0. The summed E-state index contributed by atoms with van der Waals surface area (Å²) in [7, 11) is -8.61. The predicted molar refractivity (Wildman–Crippen MR) is 184 cm³/mol. The van der Waals surface area contributed by atoms with Crippen LogP contribution in [-0.4, -0.2) is 39.9 Å². The standard InChI is InChI=1S/C32H58N2O9P2.H3N/c1-4-6-8-9-10-11-12-13-14-15-16-17-18-19-20-21-25-44(37,40-24-7-5-2)43-45(38,39)41-27-29-22-23-30(42-29)34-26-28(3)31(35)33-32(34)36;/h22-23,26,29-30H,4-21,24-25,27H2,1-3H3,(H,38,39)(H,33,35,36);1H3/t29-,30+,44?;/m0./s1. The monoisotopic (exact) mass is 693 g/mol. The first-order valence-electron chi connectivity index (χ1n) is 17.2. The Labute approximate surface area is 275 Å². The highest BCUT2D eigenvalue weighted by Gasteiger charge is 2.37. The average Bonchev–Trinajstić information content (AvgIpc) is 3.47. The number of aromatic nitrogens is 2. The molecular weight excluding hydrogens is 632 g/mol. The van der Waals surface area contributed by atoms with Gasteiger partial charge in [-0.2, -0.15) is 0 Å². The van der Waals surface area contributed by atoms with Crippen molar-refractivity contribution in [3.8, 4) is 0 Å². The van der Waals surface area contributed by atoms with E-state index in [1.54, 1.807) is 19.1 Å². The Morgan fingerprint density at radius 1 is 0.804 bits per heavy atom. The van der Waals surface area contributed by atoms with E-state index in [2.05, 4.69) is 11.9 Å². The minimum Gasteiger partial charge on any atom is -0.344 e. The molecule has 0 saturated carbocycles. The molecule has 12 nitrogen and oxygen atoms in total. The maximum absolute atomic E-state index is 13.4. The molecule has 0 radical (unpaired) electrons. The van der Waals surface area contributed by atoms with Crippen LogP contribution in [0.1, 0.15) is 141 Å². The number of phosphoric ester groups is 1. The van der Waals surface area contributed by atoms with Crippen LogP contribution < -0.4 is 17.4 Å². The molecule has 2 rings (SSSR count). The summed E-state index contributed by atoms with van der Waals surface area (Å²) in [5.41, 5.74) is -0.790. The molecule has 0 bridgehead atoms. The van der Waals surface area contributed by atoms with Gasteiger partial charge in [0.15, 0.2) is 6.23 Å². The molecule has 4 atom stereocenters. The maximum Gasteiger partial charge on any atom is 0.479 e. The predicted octanol–water partition coefficient (Wildman–Crippen LogP) is 8.87. The summed E-state index contributed by atoms with van der Waals surface area (Å²) in [5, 5.41) is 0. The first-order chi connectivity index (χ1) is 21.6. The van der Waals surface area contributed by atoms with Gasteiger partial charge in [0.1, 0.15) is 6.10 Å². The molecule has 1 aliphatic rings. The third-order valence-corrected chi connectivity index (χ3v) is 11.7. The second kappa shape index (κ2) is 23.9. The van der Waals surface area contributed by atoms with Gasteiger partial charge >= 0.3 is 21.1 Å². The molecule has 268 valence electrons. The molecule has 0 fully saturated rings. The van der Waals surface area contributed by atoms with E-state index >= 15 is 0 Å². The lowest BCUT2D eigenvalue weighted by atomic mass is 10.0. The molecule has 2 unspecified atom stereocenters. The maximum atomic E-state index is 13.4. The van der Waals surface area contributed by atoms with E-state index < -0.39 is 39.0 Å². The van der Waals surface area contributed by atoms with Gasteiger partial charge in [0, 0.05) is 11.8 Å². The molecule has 1 aliphatic heterocycles. The smallest absolute Gasteiger partial charge is 0.344 e. The van der Waals surface area contributed by atoms with Gasteiger partial charge in [0.2, 0.25) is 0 Å². The van der Waals surface area contributed by atoms with Gasteiger partial charge in [0.25, 0.3) is 5.56 Å². The number of hydrogen-bond donors (Lipinski definition) is 3. The van der Waals surface area contributed by atoms with Gasteiger partial charge in [-0.05, 0) is 25.8 Å². The zero-order valence-corrected chi connectivity index (χ0v) is 30.3. The highest BCUT2D eigenvalue weighted by atomic mass is 31.3. The molecular formula is C32H61N3O9P2. The number of nitrogens with zero attached hydrogens (tertiary/aromatic N) is 1. The van der Waals surface area contributed by atoms with Crippen molar-refractivity contribution in [3.63, 3.8) is 0 Å². The van der Waals surface area contributed by atoms with Crippen molar-refractivity contribution in [2.75, 3.05) is 19.4 Å². The number of hydrogen-bond acceptors (Lipinski definition) is 9. The fourth-order valence-corrected chi connectivity index (χ4v) is 8.64. The summed E-state index contributed by atoms with van der Waals surface area (Å²) >= 11 is 0. The molecule has 1 aromatic heterocycles. The Morgan fingerprint density at radius 2 is 1.33 bits per heavy atom. The van der Waals surface area contributed by atoms with Gasteiger partial charge in [-0.15, -0.1) is 0 Å². The second-order valence-electron chi connectivity index (χ2n) is 12.1. The van der Waals surface area contributed by atoms with E-state index in [1.807, 2.05) is 6.92 Å². The summed E-state index contributed by atoms with van der Waals surface area (Å²) in [5.74, 6) is 0. The largest absolute Gasteiger partial charge is 0.479 e. The Hall–Kier alpha value is -1.36. The average molecular weight is 694 g/mol. The van der Waals surface area contributed by atoms with Crippen LogP contribution in [0.3, 0.4) is 0 Å². The molecule has 0 aromatic carbocycles. The number of aryl methyl sites for hydroxylation is 1. The Kier molecular flexibility index (Phi) is 22.1. The minimum atomic E-state index is -4.74. The van der Waals surface area contributed by atoms with E-state index in [4.69, 9.17) is 18.1 Å². The van der Waals surface area contributed by atoms with E-state index in [1.165, 1.54) is 87.8 Å². The third kappa shape index (κ3) is 17.7. The first kappa shape index (κ1) is 42.7. The zero-order chi connectivity index (χ0) is 33.0. The highest BCUT2D eigenvalue weighted by Crippen LogP contribution is 2.63. The lowest BCUT2D eigenvalue weighted by Gasteiger charge is -2.22. The van der Waals surface area contributed by atoms with Crippen molar-refractivity contribution in [3.05, 3.63) is 44.8 Å². The van der Waals surface area contributed by atoms with Crippen LogP contribution in [0, 0.1) is 6.92 Å². The fraction of sp³-hybridized carbons (Fsp3) is 0.812. The molecule has 1 aromatic rings. The Balaban J connectivity index is 0.0000106. The second-order valence-corrected chi connectivity index (χ2v) is 15.9. The van der Waals surface area contributed by atoms with Gasteiger partial charge in [0.05, 0.1) is 19.4 Å². The molecule has 0 aliphatic carbocycles. The summed E-state index contributed by atoms with van der Waals surface area (Å²) in [4.78, 5) is 36.4. The van der Waals surface area contributed by atoms with Crippen LogP contribution in [0.4, 0.5) is 0 Å². The lowest BCUT2D eigenvalue weighted by Crippen LogP contribution is -2.33. The molecule has 0 spiro atoms. The molecule has 14 heteroatoms. The summed E-state index contributed by atoms with van der Waals surface area (Å²) in [6, 6.07) is 0. The number of aromatic amines is 1. The van der Waals surface area contributed by atoms with Crippen molar-refractivity contribution in [1.29, 1.82) is 0 Å². The van der Waals surface area contributed by atoms with E-state index in [-0.39, 0.29) is 25.5 Å². The zero-order valence-electron chi connectivity index (χ0n) is 28.5.